The van der Waals surface area contributed by atoms with Crippen LogP contribution in [-0.2, 0) is 4.79 Å². The Hall–Kier alpha value is -0.220. The number of carbonyl (C=O) groups excluding carboxylic acids is 1. The van der Waals surface area contributed by atoms with Gasteiger partial charge in [0.1, 0.15) is 0 Å². The number of rotatable bonds is 5. The van der Waals surface area contributed by atoms with Crippen molar-refractivity contribution in [3.8, 4) is 0 Å². The number of thioether (sulfide) groups is 1. The predicted octanol–water partition coefficient (Wildman–Crippen LogP) is 0.998. The summed E-state index contributed by atoms with van der Waals surface area (Å²) in [5.41, 5.74) is 0. The molecule has 1 unspecified atom stereocenters. The van der Waals surface area contributed by atoms with Gasteiger partial charge in [0, 0.05) is 6.54 Å². The minimum atomic E-state index is 0.0550. The molecule has 0 bridgehead atoms. The topological polar surface area (TPSA) is 41.1 Å². The highest BCUT2D eigenvalue weighted by Crippen LogP contribution is 2.05. The minimum Gasteiger partial charge on any atom is -0.355 e. The number of amides is 1. The molecule has 0 aromatic heterocycles. The van der Waals surface area contributed by atoms with E-state index in [0.29, 0.717) is 0 Å². The van der Waals surface area contributed by atoms with Crippen molar-refractivity contribution in [2.24, 2.45) is 0 Å². The maximum Gasteiger partial charge on any atom is 0.237 e. The van der Waals surface area contributed by atoms with Gasteiger partial charge in [0.15, 0.2) is 0 Å². The smallest absolute Gasteiger partial charge is 0.237 e. The highest BCUT2D eigenvalue weighted by molar-refractivity contribution is 7.98. The first-order chi connectivity index (χ1) is 6.84. The van der Waals surface area contributed by atoms with Crippen molar-refractivity contribution < 1.29 is 4.79 Å². The van der Waals surface area contributed by atoms with Crippen molar-refractivity contribution in [2.75, 3.05) is 25.1 Å². The quantitative estimate of drug-likeness (QED) is 0.674. The van der Waals surface area contributed by atoms with Crippen LogP contribution in [0.1, 0.15) is 25.7 Å². The van der Waals surface area contributed by atoms with Gasteiger partial charge in [0.25, 0.3) is 0 Å². The molecular weight excluding hydrogens is 196 g/mol. The van der Waals surface area contributed by atoms with E-state index in [-0.39, 0.29) is 11.9 Å². The second-order valence-electron chi connectivity index (χ2n) is 3.64. The van der Waals surface area contributed by atoms with Crippen LogP contribution in [-0.4, -0.2) is 37.0 Å². The van der Waals surface area contributed by atoms with Gasteiger partial charge in [0.05, 0.1) is 6.04 Å². The number of carbonyl (C=O) groups is 1. The molecule has 2 N–H and O–H groups in total. The second kappa shape index (κ2) is 7.12. The molecule has 1 amide bonds. The molecule has 1 saturated heterocycles. The van der Waals surface area contributed by atoms with E-state index in [0.717, 1.165) is 38.8 Å². The lowest BCUT2D eigenvalue weighted by molar-refractivity contribution is -0.122. The molecule has 0 aromatic carbocycles. The zero-order valence-corrected chi connectivity index (χ0v) is 9.66. The SMILES string of the molecule is CSCCCNC1CCCCNC1=O. The molecule has 0 aliphatic carbocycles. The summed E-state index contributed by atoms with van der Waals surface area (Å²) >= 11 is 1.85. The number of hydrogen-bond acceptors (Lipinski definition) is 3. The van der Waals surface area contributed by atoms with Crippen LogP contribution in [0.4, 0.5) is 0 Å². The van der Waals surface area contributed by atoms with Crippen LogP contribution >= 0.6 is 11.8 Å². The van der Waals surface area contributed by atoms with Gasteiger partial charge in [-0.25, -0.2) is 0 Å². The summed E-state index contributed by atoms with van der Waals surface area (Å²) in [6, 6.07) is 0.0550. The van der Waals surface area contributed by atoms with E-state index in [2.05, 4.69) is 16.9 Å². The molecule has 82 valence electrons. The van der Waals surface area contributed by atoms with Crippen LogP contribution in [0, 0.1) is 0 Å². The summed E-state index contributed by atoms with van der Waals surface area (Å²) in [6.45, 7) is 1.81. The third-order valence-electron chi connectivity index (χ3n) is 2.45. The van der Waals surface area contributed by atoms with Crippen LogP contribution in [0.25, 0.3) is 0 Å². The lowest BCUT2D eigenvalue weighted by Gasteiger charge is -2.14. The third kappa shape index (κ3) is 4.33. The Labute approximate surface area is 90.4 Å². The van der Waals surface area contributed by atoms with Crippen molar-refractivity contribution in [3.63, 3.8) is 0 Å². The molecule has 1 fully saturated rings. The maximum absolute atomic E-state index is 11.5. The lowest BCUT2D eigenvalue weighted by Crippen LogP contribution is -2.43. The van der Waals surface area contributed by atoms with Crippen LogP contribution < -0.4 is 10.6 Å². The van der Waals surface area contributed by atoms with E-state index in [1.54, 1.807) is 0 Å². The molecule has 0 saturated carbocycles. The zero-order chi connectivity index (χ0) is 10.2. The molecule has 14 heavy (non-hydrogen) atoms. The third-order valence-corrected chi connectivity index (χ3v) is 3.15. The zero-order valence-electron chi connectivity index (χ0n) is 8.84. The molecule has 1 heterocycles. The largest absolute Gasteiger partial charge is 0.355 e. The molecule has 1 aliphatic heterocycles. The highest BCUT2D eigenvalue weighted by Gasteiger charge is 2.18. The van der Waals surface area contributed by atoms with Crippen molar-refractivity contribution in [3.05, 3.63) is 0 Å². The molecular formula is C10H20N2OS. The van der Waals surface area contributed by atoms with Gasteiger partial charge < -0.3 is 10.6 Å². The Morgan fingerprint density at radius 3 is 3.21 bits per heavy atom. The van der Waals surface area contributed by atoms with E-state index < -0.39 is 0 Å². The van der Waals surface area contributed by atoms with Gasteiger partial charge in [-0.05, 0) is 44.2 Å². The van der Waals surface area contributed by atoms with Gasteiger partial charge in [-0.15, -0.1) is 0 Å². The summed E-state index contributed by atoms with van der Waals surface area (Å²) in [5, 5.41) is 6.25. The predicted molar refractivity (Wildman–Crippen MR) is 61.7 cm³/mol. The highest BCUT2D eigenvalue weighted by atomic mass is 32.2. The molecule has 0 spiro atoms. The summed E-state index contributed by atoms with van der Waals surface area (Å²) < 4.78 is 0. The molecule has 1 atom stereocenters. The van der Waals surface area contributed by atoms with Gasteiger partial charge >= 0.3 is 0 Å². The minimum absolute atomic E-state index is 0.0550. The lowest BCUT2D eigenvalue weighted by atomic mass is 10.1. The first-order valence-electron chi connectivity index (χ1n) is 5.34. The van der Waals surface area contributed by atoms with E-state index in [4.69, 9.17) is 0 Å². The molecule has 4 heteroatoms. The first-order valence-corrected chi connectivity index (χ1v) is 6.74. The van der Waals surface area contributed by atoms with Crippen molar-refractivity contribution in [1.29, 1.82) is 0 Å². The van der Waals surface area contributed by atoms with E-state index in [1.807, 2.05) is 11.8 Å². The van der Waals surface area contributed by atoms with Gasteiger partial charge in [-0.2, -0.15) is 11.8 Å². The van der Waals surface area contributed by atoms with Crippen LogP contribution in [0.15, 0.2) is 0 Å². The molecule has 1 aliphatic rings. The second-order valence-corrected chi connectivity index (χ2v) is 4.63. The summed E-state index contributed by atoms with van der Waals surface area (Å²) in [4.78, 5) is 11.5. The Balaban J connectivity index is 2.16. The average molecular weight is 216 g/mol. The van der Waals surface area contributed by atoms with Crippen LogP contribution in [0.3, 0.4) is 0 Å². The van der Waals surface area contributed by atoms with Gasteiger partial charge in [0.2, 0.25) is 5.91 Å². The first kappa shape index (κ1) is 11.9. The van der Waals surface area contributed by atoms with Crippen molar-refractivity contribution in [1.82, 2.24) is 10.6 Å². The van der Waals surface area contributed by atoms with E-state index in [1.165, 1.54) is 5.75 Å². The Kier molecular flexibility index (Phi) is 6.03. The molecule has 0 radical (unpaired) electrons. The molecule has 3 nitrogen and oxygen atoms in total. The standard InChI is InChI=1S/C10H20N2OS/c1-14-8-4-7-11-9-5-2-3-6-12-10(9)13/h9,11H,2-8H2,1H3,(H,12,13). The van der Waals surface area contributed by atoms with Crippen LogP contribution in [0.5, 0.6) is 0 Å². The number of nitrogens with one attached hydrogen (secondary N) is 2. The van der Waals surface area contributed by atoms with Gasteiger partial charge in [-0.3, -0.25) is 4.79 Å². The summed E-state index contributed by atoms with van der Waals surface area (Å²) in [7, 11) is 0. The fourth-order valence-corrected chi connectivity index (χ4v) is 2.06. The summed E-state index contributed by atoms with van der Waals surface area (Å²) in [5.74, 6) is 1.35. The Bertz CT molecular complexity index is 176. The fourth-order valence-electron chi connectivity index (χ4n) is 1.63. The Morgan fingerprint density at radius 2 is 2.43 bits per heavy atom. The van der Waals surface area contributed by atoms with Crippen molar-refractivity contribution >= 4 is 17.7 Å². The van der Waals surface area contributed by atoms with E-state index >= 15 is 0 Å². The fraction of sp³-hybridized carbons (Fsp3) is 0.900. The Morgan fingerprint density at radius 1 is 1.57 bits per heavy atom. The summed E-state index contributed by atoms with van der Waals surface area (Å²) in [6.07, 6.45) is 6.52. The average Bonchev–Trinajstić information content (AvgIpc) is 2.39. The van der Waals surface area contributed by atoms with E-state index in [9.17, 15) is 4.79 Å². The maximum atomic E-state index is 11.5. The normalized spacial score (nSPS) is 22.9. The van der Waals surface area contributed by atoms with Crippen molar-refractivity contribution in [2.45, 2.75) is 31.7 Å². The monoisotopic (exact) mass is 216 g/mol. The molecule has 1 rings (SSSR count). The van der Waals surface area contributed by atoms with Gasteiger partial charge in [-0.1, -0.05) is 0 Å². The molecule has 0 aromatic rings. The number of hydrogen-bond donors (Lipinski definition) is 2. The van der Waals surface area contributed by atoms with Crippen LogP contribution in [0.2, 0.25) is 0 Å².